The van der Waals surface area contributed by atoms with Crippen molar-refractivity contribution in [2.24, 2.45) is 5.73 Å². The summed E-state index contributed by atoms with van der Waals surface area (Å²) in [7, 11) is 0. The van der Waals surface area contributed by atoms with Gasteiger partial charge in [0.25, 0.3) is 0 Å². The number of benzene rings is 1. The molecule has 1 aromatic carbocycles. The highest BCUT2D eigenvalue weighted by Crippen LogP contribution is 2.28. The molecule has 1 aromatic heterocycles. The van der Waals surface area contributed by atoms with Gasteiger partial charge in [-0.1, -0.05) is 0 Å². The molecule has 1 heterocycles. The van der Waals surface area contributed by atoms with Crippen molar-refractivity contribution in [3.8, 4) is 0 Å². The molecule has 2 aromatic rings. The van der Waals surface area contributed by atoms with E-state index in [0.29, 0.717) is 6.04 Å². The van der Waals surface area contributed by atoms with Gasteiger partial charge >= 0.3 is 0 Å². The minimum atomic E-state index is -0.205. The summed E-state index contributed by atoms with van der Waals surface area (Å²) < 4.78 is 15.3. The fraction of sp³-hybridized carbons (Fsp3) is 0.385. The number of halogens is 1. The summed E-state index contributed by atoms with van der Waals surface area (Å²) >= 11 is 0. The summed E-state index contributed by atoms with van der Waals surface area (Å²) in [6.07, 6.45) is 2.03. The maximum atomic E-state index is 13.2. The summed E-state index contributed by atoms with van der Waals surface area (Å²) in [5, 5.41) is 1.05. The van der Waals surface area contributed by atoms with Crippen molar-refractivity contribution in [1.29, 1.82) is 0 Å². The molecule has 0 saturated heterocycles. The molecule has 0 aliphatic carbocycles. The first-order valence-corrected chi connectivity index (χ1v) is 5.56. The van der Waals surface area contributed by atoms with Gasteiger partial charge in [0.15, 0.2) is 0 Å². The fourth-order valence-electron chi connectivity index (χ4n) is 2.04. The van der Waals surface area contributed by atoms with Crippen molar-refractivity contribution in [1.82, 2.24) is 4.57 Å². The van der Waals surface area contributed by atoms with E-state index >= 15 is 0 Å². The Balaban J connectivity index is 2.76. The predicted octanol–water partition coefficient (Wildman–Crippen LogP) is 3.38. The molecular formula is C13H17FN2. The van der Waals surface area contributed by atoms with Crippen LogP contribution in [0.1, 0.15) is 38.4 Å². The Morgan fingerprint density at radius 2 is 1.94 bits per heavy atom. The summed E-state index contributed by atoms with van der Waals surface area (Å²) in [5.41, 5.74) is 7.92. The number of rotatable bonds is 2. The predicted molar refractivity (Wildman–Crippen MR) is 64.9 cm³/mol. The zero-order chi connectivity index (χ0) is 11.9. The monoisotopic (exact) mass is 220 g/mol. The van der Waals surface area contributed by atoms with Crippen LogP contribution in [0.25, 0.3) is 10.9 Å². The summed E-state index contributed by atoms with van der Waals surface area (Å²) in [6.45, 7) is 6.10. The average molecular weight is 220 g/mol. The third kappa shape index (κ3) is 1.71. The molecule has 0 bridgehead atoms. The summed E-state index contributed by atoms with van der Waals surface area (Å²) in [4.78, 5) is 0. The van der Waals surface area contributed by atoms with Crippen LogP contribution in [0.3, 0.4) is 0 Å². The third-order valence-electron chi connectivity index (χ3n) is 2.87. The van der Waals surface area contributed by atoms with E-state index in [2.05, 4.69) is 18.4 Å². The molecule has 0 radical (unpaired) electrons. The van der Waals surface area contributed by atoms with Crippen LogP contribution in [-0.4, -0.2) is 4.57 Å². The molecule has 16 heavy (non-hydrogen) atoms. The standard InChI is InChI=1S/C13H17FN2/c1-8(2)16-7-12(9(3)15)11-5-4-10(14)6-13(11)16/h4-9H,15H2,1-3H3. The molecule has 0 aliphatic rings. The van der Waals surface area contributed by atoms with Gasteiger partial charge in [0, 0.05) is 23.7 Å². The van der Waals surface area contributed by atoms with Crippen LogP contribution < -0.4 is 5.73 Å². The van der Waals surface area contributed by atoms with E-state index in [4.69, 9.17) is 5.73 Å². The van der Waals surface area contributed by atoms with Gasteiger partial charge < -0.3 is 10.3 Å². The zero-order valence-electron chi connectivity index (χ0n) is 9.87. The van der Waals surface area contributed by atoms with Crippen molar-refractivity contribution in [2.45, 2.75) is 32.9 Å². The zero-order valence-corrected chi connectivity index (χ0v) is 9.87. The van der Waals surface area contributed by atoms with Crippen molar-refractivity contribution in [3.05, 3.63) is 35.8 Å². The van der Waals surface area contributed by atoms with E-state index < -0.39 is 0 Å². The molecule has 3 heteroatoms. The van der Waals surface area contributed by atoms with Gasteiger partial charge in [-0.3, -0.25) is 0 Å². The first kappa shape index (κ1) is 11.1. The number of hydrogen-bond donors (Lipinski definition) is 1. The lowest BCUT2D eigenvalue weighted by atomic mass is 10.1. The molecule has 0 aliphatic heterocycles. The highest BCUT2D eigenvalue weighted by Gasteiger charge is 2.13. The lowest BCUT2D eigenvalue weighted by Gasteiger charge is -2.08. The first-order valence-electron chi connectivity index (χ1n) is 5.56. The van der Waals surface area contributed by atoms with E-state index in [1.54, 1.807) is 6.07 Å². The quantitative estimate of drug-likeness (QED) is 0.826. The van der Waals surface area contributed by atoms with Gasteiger partial charge in [-0.15, -0.1) is 0 Å². The first-order chi connectivity index (χ1) is 7.50. The van der Waals surface area contributed by atoms with E-state index in [-0.39, 0.29) is 11.9 Å². The number of aromatic nitrogens is 1. The minimum Gasteiger partial charge on any atom is -0.345 e. The van der Waals surface area contributed by atoms with Gasteiger partial charge in [-0.25, -0.2) is 4.39 Å². The van der Waals surface area contributed by atoms with E-state index in [1.165, 1.54) is 6.07 Å². The van der Waals surface area contributed by atoms with Crippen LogP contribution in [0.5, 0.6) is 0 Å². The molecule has 0 spiro atoms. The van der Waals surface area contributed by atoms with Crippen molar-refractivity contribution in [3.63, 3.8) is 0 Å². The topological polar surface area (TPSA) is 30.9 Å². The number of nitrogens with zero attached hydrogens (tertiary/aromatic N) is 1. The Bertz CT molecular complexity index is 512. The van der Waals surface area contributed by atoms with Gasteiger partial charge in [0.05, 0.1) is 5.52 Å². The lowest BCUT2D eigenvalue weighted by molar-refractivity contribution is 0.609. The SMILES string of the molecule is CC(N)c1cn(C(C)C)c2cc(F)ccc12. The third-order valence-corrected chi connectivity index (χ3v) is 2.87. The van der Waals surface area contributed by atoms with Gasteiger partial charge in [0.2, 0.25) is 0 Å². The van der Waals surface area contributed by atoms with Crippen molar-refractivity contribution in [2.75, 3.05) is 0 Å². The average Bonchev–Trinajstić information content (AvgIpc) is 2.56. The molecule has 2 nitrogen and oxygen atoms in total. The molecular weight excluding hydrogens is 203 g/mol. The van der Waals surface area contributed by atoms with Crippen LogP contribution >= 0.6 is 0 Å². The molecule has 0 amide bonds. The van der Waals surface area contributed by atoms with Crippen LogP contribution in [0.2, 0.25) is 0 Å². The van der Waals surface area contributed by atoms with Crippen molar-refractivity contribution < 1.29 is 4.39 Å². The largest absolute Gasteiger partial charge is 0.345 e. The van der Waals surface area contributed by atoms with Crippen LogP contribution in [0, 0.1) is 5.82 Å². The molecule has 2 N–H and O–H groups in total. The maximum absolute atomic E-state index is 13.2. The van der Waals surface area contributed by atoms with Crippen LogP contribution in [0.15, 0.2) is 24.4 Å². The number of hydrogen-bond acceptors (Lipinski definition) is 1. The van der Waals surface area contributed by atoms with Gasteiger partial charge in [-0.05, 0) is 44.5 Å². The van der Waals surface area contributed by atoms with E-state index in [9.17, 15) is 4.39 Å². The highest BCUT2D eigenvalue weighted by atomic mass is 19.1. The molecule has 2 rings (SSSR count). The summed E-state index contributed by atoms with van der Waals surface area (Å²) in [5.74, 6) is -0.205. The molecule has 0 fully saturated rings. The molecule has 86 valence electrons. The maximum Gasteiger partial charge on any atom is 0.125 e. The Hall–Kier alpha value is -1.35. The summed E-state index contributed by atoms with van der Waals surface area (Å²) in [6, 6.07) is 5.13. The van der Waals surface area contributed by atoms with Gasteiger partial charge in [0.1, 0.15) is 5.82 Å². The highest BCUT2D eigenvalue weighted by molar-refractivity contribution is 5.84. The Morgan fingerprint density at radius 1 is 1.25 bits per heavy atom. The second kappa shape index (κ2) is 3.91. The molecule has 0 saturated carbocycles. The Kier molecular flexibility index (Phi) is 2.72. The Labute approximate surface area is 94.9 Å². The smallest absolute Gasteiger partial charge is 0.125 e. The van der Waals surface area contributed by atoms with Gasteiger partial charge in [-0.2, -0.15) is 0 Å². The molecule has 1 atom stereocenters. The number of nitrogens with two attached hydrogens (primary N) is 1. The fourth-order valence-corrected chi connectivity index (χ4v) is 2.04. The number of fused-ring (bicyclic) bond motifs is 1. The van der Waals surface area contributed by atoms with Crippen molar-refractivity contribution >= 4 is 10.9 Å². The molecule has 1 unspecified atom stereocenters. The lowest BCUT2D eigenvalue weighted by Crippen LogP contribution is -2.04. The minimum absolute atomic E-state index is 0.0343. The van der Waals surface area contributed by atoms with E-state index in [0.717, 1.165) is 16.5 Å². The van der Waals surface area contributed by atoms with Crippen LogP contribution in [-0.2, 0) is 0 Å². The second-order valence-electron chi connectivity index (χ2n) is 4.54. The Morgan fingerprint density at radius 3 is 2.50 bits per heavy atom. The second-order valence-corrected chi connectivity index (χ2v) is 4.54. The normalized spacial score (nSPS) is 13.6. The van der Waals surface area contributed by atoms with E-state index in [1.807, 2.05) is 19.2 Å². The van der Waals surface area contributed by atoms with Crippen LogP contribution in [0.4, 0.5) is 4.39 Å².